The molecule has 0 bridgehead atoms. The summed E-state index contributed by atoms with van der Waals surface area (Å²) in [6, 6.07) is 5.79. The van der Waals surface area contributed by atoms with Crippen LogP contribution in [0.1, 0.15) is 38.2 Å². The molecule has 1 aromatic carbocycles. The predicted molar refractivity (Wildman–Crippen MR) is 72.7 cm³/mol. The van der Waals surface area contributed by atoms with Crippen molar-refractivity contribution in [1.82, 2.24) is 0 Å². The fraction of sp³-hybridized carbons (Fsp3) is 0.467. The lowest BCUT2D eigenvalue weighted by Gasteiger charge is -2.10. The number of unbranched alkanes of at least 4 members (excludes halogenated alkanes) is 3. The Labute approximate surface area is 104 Å². The molecule has 0 heterocycles. The summed E-state index contributed by atoms with van der Waals surface area (Å²) < 4.78 is 10.9. The third-order valence-corrected chi connectivity index (χ3v) is 2.69. The van der Waals surface area contributed by atoms with Gasteiger partial charge < -0.3 is 9.47 Å². The number of rotatable bonds is 8. The molecule has 0 fully saturated rings. The maximum Gasteiger partial charge on any atom is 0.126 e. The van der Waals surface area contributed by atoms with Crippen molar-refractivity contribution >= 4 is 6.08 Å². The molecule has 0 atom stereocenters. The first-order valence-corrected chi connectivity index (χ1v) is 6.25. The molecule has 0 unspecified atom stereocenters. The Morgan fingerprint density at radius 2 is 2.06 bits per heavy atom. The van der Waals surface area contributed by atoms with Crippen molar-refractivity contribution in [3.05, 3.63) is 30.3 Å². The number of hydrogen-bond donors (Lipinski definition) is 0. The summed E-state index contributed by atoms with van der Waals surface area (Å²) in [5.41, 5.74) is 0.986. The van der Waals surface area contributed by atoms with Gasteiger partial charge in [0.25, 0.3) is 0 Å². The summed E-state index contributed by atoms with van der Waals surface area (Å²) in [6.07, 6.45) is 6.66. The summed E-state index contributed by atoms with van der Waals surface area (Å²) >= 11 is 0. The van der Waals surface area contributed by atoms with Crippen molar-refractivity contribution in [3.63, 3.8) is 0 Å². The third kappa shape index (κ3) is 4.51. The van der Waals surface area contributed by atoms with Gasteiger partial charge >= 0.3 is 0 Å². The highest BCUT2D eigenvalue weighted by atomic mass is 16.5. The van der Waals surface area contributed by atoms with Crippen LogP contribution in [0.5, 0.6) is 11.5 Å². The molecule has 0 saturated heterocycles. The van der Waals surface area contributed by atoms with E-state index in [0.29, 0.717) is 0 Å². The number of methoxy groups -OCH3 is 1. The molecule has 0 saturated carbocycles. The normalized spacial score (nSPS) is 10.0. The molecule has 2 nitrogen and oxygen atoms in total. The monoisotopic (exact) mass is 234 g/mol. The minimum atomic E-state index is 0.771. The minimum absolute atomic E-state index is 0.771. The van der Waals surface area contributed by atoms with E-state index in [1.165, 1.54) is 19.3 Å². The van der Waals surface area contributed by atoms with Crippen LogP contribution in [0.15, 0.2) is 24.8 Å². The fourth-order valence-electron chi connectivity index (χ4n) is 1.66. The van der Waals surface area contributed by atoms with Crippen LogP contribution in [0.25, 0.3) is 6.08 Å². The molecule has 2 heteroatoms. The van der Waals surface area contributed by atoms with E-state index in [0.717, 1.165) is 30.1 Å². The summed E-state index contributed by atoms with van der Waals surface area (Å²) in [5, 5.41) is 0. The largest absolute Gasteiger partial charge is 0.497 e. The van der Waals surface area contributed by atoms with Crippen LogP contribution in [-0.2, 0) is 0 Å². The highest BCUT2D eigenvalue weighted by Gasteiger charge is 2.02. The van der Waals surface area contributed by atoms with Gasteiger partial charge in [0.15, 0.2) is 0 Å². The molecule has 0 aromatic heterocycles. The van der Waals surface area contributed by atoms with Gasteiger partial charge in [0.1, 0.15) is 11.5 Å². The van der Waals surface area contributed by atoms with Crippen molar-refractivity contribution < 1.29 is 9.47 Å². The van der Waals surface area contributed by atoms with Gasteiger partial charge in [-0.3, -0.25) is 0 Å². The second-order valence-corrected chi connectivity index (χ2v) is 4.02. The van der Waals surface area contributed by atoms with E-state index < -0.39 is 0 Å². The average molecular weight is 234 g/mol. The number of ether oxygens (including phenoxy) is 2. The summed E-state index contributed by atoms with van der Waals surface area (Å²) in [7, 11) is 1.66. The predicted octanol–water partition coefficient (Wildman–Crippen LogP) is 4.30. The zero-order chi connectivity index (χ0) is 12.5. The second kappa shape index (κ2) is 7.77. The highest BCUT2D eigenvalue weighted by molar-refractivity contribution is 5.58. The molecule has 0 spiro atoms. The minimum Gasteiger partial charge on any atom is -0.497 e. The van der Waals surface area contributed by atoms with Gasteiger partial charge in [-0.05, 0) is 24.6 Å². The van der Waals surface area contributed by atoms with E-state index in [2.05, 4.69) is 13.5 Å². The van der Waals surface area contributed by atoms with Crippen LogP contribution in [0.2, 0.25) is 0 Å². The molecule has 94 valence electrons. The lowest BCUT2D eigenvalue weighted by molar-refractivity contribution is 0.304. The smallest absolute Gasteiger partial charge is 0.126 e. The Morgan fingerprint density at radius 3 is 2.71 bits per heavy atom. The van der Waals surface area contributed by atoms with Crippen molar-refractivity contribution in [2.24, 2.45) is 0 Å². The second-order valence-electron chi connectivity index (χ2n) is 4.02. The lowest BCUT2D eigenvalue weighted by atomic mass is 10.2. The highest BCUT2D eigenvalue weighted by Crippen LogP contribution is 2.25. The standard InChI is InChI=1S/C15H22O2/c1-4-6-7-8-11-17-15-10-9-14(16-3)12-13(15)5-2/h5,9-10,12H,2,4,6-8,11H2,1,3H3. The Bertz CT molecular complexity index is 345. The van der Waals surface area contributed by atoms with Gasteiger partial charge in [-0.15, -0.1) is 0 Å². The zero-order valence-corrected chi connectivity index (χ0v) is 10.9. The Balaban J connectivity index is 2.49. The molecule has 17 heavy (non-hydrogen) atoms. The SMILES string of the molecule is C=Cc1cc(OC)ccc1OCCCCCC. The van der Waals surface area contributed by atoms with E-state index in [4.69, 9.17) is 9.47 Å². The first kappa shape index (κ1) is 13.6. The van der Waals surface area contributed by atoms with Crippen LogP contribution in [-0.4, -0.2) is 13.7 Å². The Kier molecular flexibility index (Phi) is 6.23. The van der Waals surface area contributed by atoms with Crippen LogP contribution in [0.3, 0.4) is 0 Å². The quantitative estimate of drug-likeness (QED) is 0.624. The molecule has 0 aliphatic heterocycles. The van der Waals surface area contributed by atoms with Gasteiger partial charge in [-0.1, -0.05) is 38.8 Å². The number of hydrogen-bond acceptors (Lipinski definition) is 2. The van der Waals surface area contributed by atoms with Crippen LogP contribution < -0.4 is 9.47 Å². The van der Waals surface area contributed by atoms with E-state index in [1.807, 2.05) is 18.2 Å². The summed E-state index contributed by atoms with van der Waals surface area (Å²) in [4.78, 5) is 0. The maximum atomic E-state index is 5.75. The van der Waals surface area contributed by atoms with Gasteiger partial charge in [0.05, 0.1) is 13.7 Å². The van der Waals surface area contributed by atoms with Crippen molar-refractivity contribution in [2.45, 2.75) is 32.6 Å². The van der Waals surface area contributed by atoms with Crippen LogP contribution in [0.4, 0.5) is 0 Å². The van der Waals surface area contributed by atoms with Crippen molar-refractivity contribution in [3.8, 4) is 11.5 Å². The molecule has 1 aromatic rings. The molecular weight excluding hydrogens is 212 g/mol. The van der Waals surface area contributed by atoms with E-state index >= 15 is 0 Å². The van der Waals surface area contributed by atoms with Gasteiger partial charge in [0.2, 0.25) is 0 Å². The lowest BCUT2D eigenvalue weighted by Crippen LogP contribution is -1.99. The van der Waals surface area contributed by atoms with Gasteiger partial charge in [-0.25, -0.2) is 0 Å². The average Bonchev–Trinajstić information content (AvgIpc) is 2.38. The Hall–Kier alpha value is -1.44. The first-order chi connectivity index (χ1) is 8.31. The van der Waals surface area contributed by atoms with E-state index in [1.54, 1.807) is 13.2 Å². The van der Waals surface area contributed by atoms with Crippen LogP contribution >= 0.6 is 0 Å². The fourth-order valence-corrected chi connectivity index (χ4v) is 1.66. The van der Waals surface area contributed by atoms with Crippen molar-refractivity contribution in [2.75, 3.05) is 13.7 Å². The molecule has 1 rings (SSSR count). The van der Waals surface area contributed by atoms with Crippen LogP contribution in [0, 0.1) is 0 Å². The molecule has 0 aliphatic rings. The zero-order valence-electron chi connectivity index (χ0n) is 10.9. The molecule has 0 radical (unpaired) electrons. The van der Waals surface area contributed by atoms with Gasteiger partial charge in [-0.2, -0.15) is 0 Å². The maximum absolute atomic E-state index is 5.75. The van der Waals surface area contributed by atoms with E-state index in [9.17, 15) is 0 Å². The molecular formula is C15H22O2. The van der Waals surface area contributed by atoms with Gasteiger partial charge in [0, 0.05) is 5.56 Å². The third-order valence-electron chi connectivity index (χ3n) is 2.69. The molecule has 0 N–H and O–H groups in total. The van der Waals surface area contributed by atoms with Crippen molar-refractivity contribution in [1.29, 1.82) is 0 Å². The molecule has 0 aliphatic carbocycles. The Morgan fingerprint density at radius 1 is 1.24 bits per heavy atom. The molecule has 0 amide bonds. The first-order valence-electron chi connectivity index (χ1n) is 6.25. The summed E-state index contributed by atoms with van der Waals surface area (Å²) in [5.74, 6) is 1.72. The summed E-state index contributed by atoms with van der Waals surface area (Å²) in [6.45, 7) is 6.77. The number of benzene rings is 1. The van der Waals surface area contributed by atoms with E-state index in [-0.39, 0.29) is 0 Å². The topological polar surface area (TPSA) is 18.5 Å².